The first-order chi connectivity index (χ1) is 25.6. The standard InChI is InChI=1S/C40H52FN5O8/c1-24-16-17-25(2)33(18-24)54-44-36(49)40-20-27(40)13-9-7-6-8-10-15-31(42-37(50)53-39(3,4)5)35(48)46-22-28(19-32(46)34(47)43-40)52-38(51)45-21-26-12-11-14-30(41)29(26)23-45/h11-12,14,16-18,27-28,31-32H,6-10,13,15,19-23H2,1-5H3,(H,42,50)(H,43,47)(H,44,49)/t27-,28-,31+,32+,40-/m1/s1. The molecule has 54 heavy (non-hydrogen) atoms. The van der Waals surface area contributed by atoms with Crippen LogP contribution in [0.25, 0.3) is 0 Å². The molecular formula is C40H52FN5O8. The molecule has 292 valence electrons. The van der Waals surface area contributed by atoms with Crippen molar-refractivity contribution in [3.8, 4) is 5.75 Å². The summed E-state index contributed by atoms with van der Waals surface area (Å²) in [6, 6.07) is 8.20. The summed E-state index contributed by atoms with van der Waals surface area (Å²) in [6.45, 7) is 9.03. The Morgan fingerprint density at radius 1 is 0.981 bits per heavy atom. The third kappa shape index (κ3) is 8.90. The van der Waals surface area contributed by atoms with Crippen molar-refractivity contribution in [1.29, 1.82) is 0 Å². The maximum absolute atomic E-state index is 14.5. The van der Waals surface area contributed by atoms with Crippen LogP contribution in [0.3, 0.4) is 0 Å². The van der Waals surface area contributed by atoms with Crippen LogP contribution in [0.2, 0.25) is 0 Å². The van der Waals surface area contributed by atoms with Crippen molar-refractivity contribution in [3.05, 3.63) is 64.5 Å². The molecule has 0 bridgehead atoms. The molecule has 0 radical (unpaired) electrons. The van der Waals surface area contributed by atoms with Gasteiger partial charge in [-0.05, 0) is 88.6 Å². The summed E-state index contributed by atoms with van der Waals surface area (Å²) in [4.78, 5) is 77.5. The summed E-state index contributed by atoms with van der Waals surface area (Å²) in [5.74, 6) is -1.65. The van der Waals surface area contributed by atoms with Gasteiger partial charge in [0.15, 0.2) is 5.75 Å². The number of alkyl carbamates (subject to hydrolysis) is 1. The summed E-state index contributed by atoms with van der Waals surface area (Å²) in [6.07, 6.45) is 3.16. The molecule has 13 nitrogen and oxygen atoms in total. The van der Waals surface area contributed by atoms with Crippen LogP contribution in [0.4, 0.5) is 14.0 Å². The van der Waals surface area contributed by atoms with Gasteiger partial charge in [0.25, 0.3) is 5.91 Å². The number of amides is 5. The predicted molar refractivity (Wildman–Crippen MR) is 195 cm³/mol. The number of carbonyl (C=O) groups excluding carboxylic acids is 5. The van der Waals surface area contributed by atoms with E-state index in [9.17, 15) is 28.4 Å². The van der Waals surface area contributed by atoms with Gasteiger partial charge in [-0.25, -0.2) is 14.0 Å². The fourth-order valence-corrected chi connectivity index (χ4v) is 7.76. The van der Waals surface area contributed by atoms with Gasteiger partial charge in [-0.3, -0.25) is 19.3 Å². The molecule has 3 N–H and O–H groups in total. The zero-order valence-electron chi connectivity index (χ0n) is 31.8. The Hall–Kier alpha value is -4.88. The number of carbonyl (C=O) groups is 5. The Balaban J connectivity index is 1.23. The highest BCUT2D eigenvalue weighted by Gasteiger charge is 2.62. The Bertz CT molecular complexity index is 1780. The molecule has 6 rings (SSSR count). The van der Waals surface area contributed by atoms with Crippen LogP contribution >= 0.6 is 0 Å². The van der Waals surface area contributed by atoms with Crippen molar-refractivity contribution in [2.24, 2.45) is 5.92 Å². The van der Waals surface area contributed by atoms with Gasteiger partial charge in [-0.1, -0.05) is 56.4 Å². The molecule has 2 aromatic carbocycles. The summed E-state index contributed by atoms with van der Waals surface area (Å²) >= 11 is 0. The smallest absolute Gasteiger partial charge is 0.410 e. The average Bonchev–Trinajstić information content (AvgIpc) is 3.40. The van der Waals surface area contributed by atoms with Crippen LogP contribution in [-0.2, 0) is 36.9 Å². The van der Waals surface area contributed by atoms with Gasteiger partial charge in [0.1, 0.15) is 35.1 Å². The first-order valence-electron chi connectivity index (χ1n) is 19.0. The van der Waals surface area contributed by atoms with E-state index < -0.39 is 65.1 Å². The molecule has 2 aromatic rings. The van der Waals surface area contributed by atoms with Gasteiger partial charge in [-0.15, -0.1) is 0 Å². The van der Waals surface area contributed by atoms with E-state index >= 15 is 0 Å². The van der Waals surface area contributed by atoms with E-state index in [1.165, 1.54) is 15.9 Å². The molecule has 3 fully saturated rings. The molecule has 5 amide bonds. The number of hydrogen-bond donors (Lipinski definition) is 3. The molecule has 2 saturated heterocycles. The van der Waals surface area contributed by atoms with Crippen molar-refractivity contribution in [3.63, 3.8) is 0 Å². The van der Waals surface area contributed by atoms with Gasteiger partial charge >= 0.3 is 12.2 Å². The Kier molecular flexibility index (Phi) is 11.4. The number of hydrogen-bond acceptors (Lipinski definition) is 8. The molecule has 4 aliphatic rings. The topological polar surface area (TPSA) is 156 Å². The minimum Gasteiger partial charge on any atom is -0.444 e. The van der Waals surface area contributed by atoms with E-state index in [-0.39, 0.29) is 32.0 Å². The van der Waals surface area contributed by atoms with Crippen LogP contribution in [-0.4, -0.2) is 75.6 Å². The van der Waals surface area contributed by atoms with Crippen molar-refractivity contribution >= 4 is 29.9 Å². The fourth-order valence-electron chi connectivity index (χ4n) is 7.76. The maximum atomic E-state index is 14.5. The lowest BCUT2D eigenvalue weighted by Crippen LogP contribution is -2.58. The van der Waals surface area contributed by atoms with Gasteiger partial charge in [0.2, 0.25) is 11.8 Å². The van der Waals surface area contributed by atoms with Crippen molar-refractivity contribution in [2.45, 2.75) is 135 Å². The molecule has 0 spiro atoms. The summed E-state index contributed by atoms with van der Waals surface area (Å²) in [5.41, 5.74) is 3.39. The van der Waals surface area contributed by atoms with Gasteiger partial charge in [-0.2, -0.15) is 5.48 Å². The minimum absolute atomic E-state index is 0.0329. The number of halogens is 1. The highest BCUT2D eigenvalue weighted by molar-refractivity contribution is 5.98. The van der Waals surface area contributed by atoms with Gasteiger partial charge in [0, 0.05) is 18.5 Å². The second-order valence-corrected chi connectivity index (χ2v) is 16.2. The van der Waals surface area contributed by atoms with Crippen molar-refractivity contribution in [2.75, 3.05) is 6.54 Å². The second-order valence-electron chi connectivity index (χ2n) is 16.2. The van der Waals surface area contributed by atoms with Gasteiger partial charge in [0.05, 0.1) is 13.1 Å². The SMILES string of the molecule is Cc1ccc(C)c(ONC(=O)[C@@]23C[C@H]2CCCCCCC[C@H](NC(=O)OC(C)(C)C)C(=O)N2C[C@H](OC(=O)N4Cc5cccc(F)c5C4)C[C@H]2C(=O)N3)c1. The molecule has 0 aromatic heterocycles. The Morgan fingerprint density at radius 2 is 1.72 bits per heavy atom. The molecule has 14 heteroatoms. The third-order valence-electron chi connectivity index (χ3n) is 10.8. The second kappa shape index (κ2) is 15.8. The zero-order chi connectivity index (χ0) is 38.8. The number of ether oxygens (including phenoxy) is 2. The van der Waals surface area contributed by atoms with Crippen LogP contribution in [0, 0.1) is 25.6 Å². The quantitative estimate of drug-likeness (QED) is 0.340. The normalized spacial score (nSPS) is 25.9. The van der Waals surface area contributed by atoms with Crippen LogP contribution < -0.4 is 21.0 Å². The molecule has 3 heterocycles. The van der Waals surface area contributed by atoms with E-state index in [0.717, 1.165) is 36.8 Å². The molecule has 0 unspecified atom stereocenters. The Morgan fingerprint density at radius 3 is 2.46 bits per heavy atom. The van der Waals surface area contributed by atoms with Crippen LogP contribution in [0.15, 0.2) is 36.4 Å². The van der Waals surface area contributed by atoms with E-state index in [0.29, 0.717) is 42.6 Å². The van der Waals surface area contributed by atoms with Crippen molar-refractivity contribution < 1.29 is 42.7 Å². The van der Waals surface area contributed by atoms with E-state index in [4.69, 9.17) is 14.3 Å². The first-order valence-corrected chi connectivity index (χ1v) is 19.0. The van der Waals surface area contributed by atoms with Crippen molar-refractivity contribution in [1.82, 2.24) is 25.9 Å². The van der Waals surface area contributed by atoms with E-state index in [1.807, 2.05) is 32.0 Å². The molecule has 5 atom stereocenters. The monoisotopic (exact) mass is 749 g/mol. The number of benzene rings is 2. The highest BCUT2D eigenvalue weighted by atomic mass is 19.1. The summed E-state index contributed by atoms with van der Waals surface area (Å²) in [7, 11) is 0. The number of rotatable bonds is 5. The lowest BCUT2D eigenvalue weighted by molar-refractivity contribution is -0.142. The number of nitrogens with one attached hydrogen (secondary N) is 3. The van der Waals surface area contributed by atoms with Crippen LogP contribution in [0.1, 0.15) is 101 Å². The first kappa shape index (κ1) is 38.8. The fraction of sp³-hybridized carbons (Fsp3) is 0.575. The molecule has 3 aliphatic heterocycles. The number of aryl methyl sites for hydroxylation is 2. The molecule has 1 saturated carbocycles. The minimum atomic E-state index is -1.27. The highest BCUT2D eigenvalue weighted by Crippen LogP contribution is 2.48. The maximum Gasteiger partial charge on any atom is 0.410 e. The molecular weight excluding hydrogens is 697 g/mol. The Labute approximate surface area is 315 Å². The summed E-state index contributed by atoms with van der Waals surface area (Å²) in [5, 5.41) is 5.72. The largest absolute Gasteiger partial charge is 0.444 e. The predicted octanol–water partition coefficient (Wildman–Crippen LogP) is 5.49. The zero-order valence-corrected chi connectivity index (χ0v) is 31.8. The van der Waals surface area contributed by atoms with Crippen LogP contribution in [0.5, 0.6) is 5.75 Å². The van der Waals surface area contributed by atoms with E-state index in [1.54, 1.807) is 32.9 Å². The van der Waals surface area contributed by atoms with E-state index in [2.05, 4.69) is 16.1 Å². The van der Waals surface area contributed by atoms with Gasteiger partial charge < -0.3 is 29.8 Å². The number of fused-ring (bicyclic) bond motifs is 3. The number of hydroxylamine groups is 1. The summed E-state index contributed by atoms with van der Waals surface area (Å²) < 4.78 is 25.8. The lowest BCUT2D eigenvalue weighted by atomic mass is 10.0. The number of nitrogens with zero attached hydrogens (tertiary/aromatic N) is 2. The lowest BCUT2D eigenvalue weighted by Gasteiger charge is -2.30. The molecule has 1 aliphatic carbocycles. The third-order valence-corrected chi connectivity index (χ3v) is 10.8. The average molecular weight is 750 g/mol.